The predicted octanol–water partition coefficient (Wildman–Crippen LogP) is 1.50. The van der Waals surface area contributed by atoms with Crippen LogP contribution in [0.5, 0.6) is 5.75 Å². The molecule has 4 N–H and O–H groups in total. The maximum atomic E-state index is 12.5. The van der Waals surface area contributed by atoms with Gasteiger partial charge in [0, 0.05) is 5.39 Å². The highest BCUT2D eigenvalue weighted by Crippen LogP contribution is 2.31. The van der Waals surface area contributed by atoms with Crippen LogP contribution in [0.15, 0.2) is 22.6 Å². The number of nitrogens with one attached hydrogen (secondary N) is 1. The summed E-state index contributed by atoms with van der Waals surface area (Å²) in [7, 11) is 0. The van der Waals surface area contributed by atoms with Crippen LogP contribution in [0, 0.1) is 12.8 Å². The molecule has 25 heavy (non-hydrogen) atoms. The number of aliphatic hydroxyl groups excluding tert-OH is 1. The predicted molar refractivity (Wildman–Crippen MR) is 91.3 cm³/mol. The van der Waals surface area contributed by atoms with Gasteiger partial charge in [-0.05, 0) is 43.9 Å². The average Bonchev–Trinajstić information content (AvgIpc) is 2.85. The lowest BCUT2D eigenvalue weighted by molar-refractivity contribution is -0.120. The van der Waals surface area contributed by atoms with E-state index >= 15 is 0 Å². The lowest BCUT2D eigenvalue weighted by Crippen LogP contribution is -2.46. The van der Waals surface area contributed by atoms with Gasteiger partial charge in [-0.3, -0.25) is 9.59 Å². The smallest absolute Gasteiger partial charge is 0.256 e. The van der Waals surface area contributed by atoms with Crippen LogP contribution >= 0.6 is 0 Å². The third kappa shape index (κ3) is 3.61. The van der Waals surface area contributed by atoms with E-state index in [-0.39, 0.29) is 0 Å². The zero-order chi connectivity index (χ0) is 18.0. The van der Waals surface area contributed by atoms with Gasteiger partial charge in [-0.15, -0.1) is 0 Å². The molecule has 1 aromatic heterocycles. The number of primary amides is 1. The summed E-state index contributed by atoms with van der Waals surface area (Å²) in [5, 5.41) is 12.2. The van der Waals surface area contributed by atoms with E-state index in [1.54, 1.807) is 19.1 Å². The van der Waals surface area contributed by atoms with Crippen LogP contribution in [0.2, 0.25) is 0 Å². The second kappa shape index (κ2) is 7.14. The van der Waals surface area contributed by atoms with Crippen LogP contribution in [0.25, 0.3) is 11.0 Å². The van der Waals surface area contributed by atoms with Crippen molar-refractivity contribution in [2.75, 3.05) is 13.2 Å². The number of carbonyl (C=O) groups excluding carboxylic acids is 2. The Morgan fingerprint density at radius 3 is 2.80 bits per heavy atom. The summed E-state index contributed by atoms with van der Waals surface area (Å²) in [4.78, 5) is 23.7. The van der Waals surface area contributed by atoms with Crippen molar-refractivity contribution in [3.63, 3.8) is 0 Å². The molecule has 0 aliphatic heterocycles. The Labute approximate surface area is 145 Å². The number of nitrogens with two attached hydrogens (primary N) is 1. The van der Waals surface area contributed by atoms with Crippen LogP contribution < -0.4 is 15.8 Å². The first-order chi connectivity index (χ1) is 12.0. The number of rotatable bonds is 7. The molecule has 0 saturated heterocycles. The molecule has 1 aliphatic rings. The van der Waals surface area contributed by atoms with Gasteiger partial charge in [0.1, 0.15) is 23.1 Å². The quantitative estimate of drug-likeness (QED) is 0.703. The fraction of sp³-hybridized carbons (Fsp3) is 0.444. The number of carbonyl (C=O) groups is 2. The Balaban J connectivity index is 1.84. The molecular weight excluding hydrogens is 324 g/mol. The van der Waals surface area contributed by atoms with Gasteiger partial charge in [0.25, 0.3) is 5.91 Å². The lowest BCUT2D eigenvalue weighted by Gasteiger charge is -2.25. The number of hydrogen-bond donors (Lipinski definition) is 3. The van der Waals surface area contributed by atoms with E-state index < -0.39 is 24.5 Å². The molecule has 0 radical (unpaired) electrons. The number of ether oxygens (including phenoxy) is 1. The van der Waals surface area contributed by atoms with E-state index in [0.717, 1.165) is 0 Å². The summed E-state index contributed by atoms with van der Waals surface area (Å²) in [5.74, 6) is 0.370. The van der Waals surface area contributed by atoms with Gasteiger partial charge in [-0.2, -0.15) is 0 Å². The average molecular weight is 346 g/mol. The van der Waals surface area contributed by atoms with E-state index in [9.17, 15) is 9.59 Å². The molecule has 1 aliphatic carbocycles. The van der Waals surface area contributed by atoms with Crippen molar-refractivity contribution >= 4 is 22.8 Å². The molecule has 1 saturated carbocycles. The number of aliphatic hydroxyl groups is 1. The van der Waals surface area contributed by atoms with Crippen molar-refractivity contribution in [1.82, 2.24) is 5.32 Å². The number of furan rings is 1. The lowest BCUT2D eigenvalue weighted by atomic mass is 9.86. The molecule has 3 rings (SSSR count). The molecule has 7 nitrogen and oxygen atoms in total. The number of benzene rings is 1. The van der Waals surface area contributed by atoms with Gasteiger partial charge in [0.2, 0.25) is 5.91 Å². The molecular formula is C18H22N2O5. The molecule has 0 bridgehead atoms. The third-order valence-corrected chi connectivity index (χ3v) is 4.60. The highest BCUT2D eigenvalue weighted by Gasteiger charge is 2.24. The Kier molecular flexibility index (Phi) is 4.94. The van der Waals surface area contributed by atoms with Gasteiger partial charge in [0.15, 0.2) is 0 Å². The molecule has 1 atom stereocenters. The molecule has 1 heterocycles. The van der Waals surface area contributed by atoms with Crippen LogP contribution in [0.3, 0.4) is 0 Å². The maximum Gasteiger partial charge on any atom is 0.256 e. The van der Waals surface area contributed by atoms with Crippen LogP contribution in [0.4, 0.5) is 0 Å². The van der Waals surface area contributed by atoms with E-state index in [2.05, 4.69) is 5.32 Å². The minimum atomic E-state index is -1.14. The fourth-order valence-corrected chi connectivity index (χ4v) is 2.88. The Morgan fingerprint density at radius 1 is 1.44 bits per heavy atom. The minimum Gasteiger partial charge on any atom is -0.493 e. The summed E-state index contributed by atoms with van der Waals surface area (Å²) >= 11 is 0. The summed E-state index contributed by atoms with van der Waals surface area (Å²) in [6.07, 6.45) is 3.64. The van der Waals surface area contributed by atoms with Crippen LogP contribution in [-0.4, -0.2) is 36.2 Å². The first kappa shape index (κ1) is 17.3. The third-order valence-electron chi connectivity index (χ3n) is 4.60. The van der Waals surface area contributed by atoms with Crippen LogP contribution in [0.1, 0.15) is 35.4 Å². The normalized spacial score (nSPS) is 15.6. The first-order valence-electron chi connectivity index (χ1n) is 8.36. The maximum absolute atomic E-state index is 12.5. The van der Waals surface area contributed by atoms with Gasteiger partial charge in [-0.1, -0.05) is 6.42 Å². The van der Waals surface area contributed by atoms with E-state index in [1.165, 1.54) is 19.3 Å². The summed E-state index contributed by atoms with van der Waals surface area (Å²) in [6.45, 7) is 1.77. The Hall–Kier alpha value is -2.54. The van der Waals surface area contributed by atoms with Crippen molar-refractivity contribution in [2.24, 2.45) is 11.7 Å². The molecule has 1 fully saturated rings. The van der Waals surface area contributed by atoms with Gasteiger partial charge in [0.05, 0.1) is 18.8 Å². The molecule has 1 unspecified atom stereocenters. The second-order valence-corrected chi connectivity index (χ2v) is 6.41. The Morgan fingerprint density at radius 2 is 2.20 bits per heavy atom. The molecule has 2 aromatic rings. The first-order valence-corrected chi connectivity index (χ1v) is 8.36. The number of aryl methyl sites for hydroxylation is 1. The highest BCUT2D eigenvalue weighted by atomic mass is 16.5. The van der Waals surface area contributed by atoms with Gasteiger partial charge >= 0.3 is 0 Å². The molecule has 2 amide bonds. The van der Waals surface area contributed by atoms with Crippen LogP contribution in [-0.2, 0) is 4.79 Å². The SMILES string of the molecule is Cc1oc2ccc(OCC3CCC3)cc2c1C(=O)NC(CO)C(N)=O. The standard InChI is InChI=1S/C18H22N2O5/c1-10-16(18(23)20-14(8-21)17(19)22)13-7-12(5-6-15(13)25-10)24-9-11-3-2-4-11/h5-7,11,14,21H,2-4,8-9H2,1H3,(H2,19,22)(H,20,23). The summed E-state index contributed by atoms with van der Waals surface area (Å²) in [5.41, 5.74) is 6.02. The molecule has 1 aromatic carbocycles. The summed E-state index contributed by atoms with van der Waals surface area (Å²) in [6, 6.07) is 4.19. The molecule has 0 spiro atoms. The van der Waals surface area contributed by atoms with Crippen molar-refractivity contribution < 1.29 is 23.8 Å². The number of fused-ring (bicyclic) bond motifs is 1. The van der Waals surface area contributed by atoms with E-state index in [0.29, 0.717) is 40.6 Å². The minimum absolute atomic E-state index is 0.309. The number of amides is 2. The van der Waals surface area contributed by atoms with Crippen molar-refractivity contribution in [3.8, 4) is 5.75 Å². The van der Waals surface area contributed by atoms with Gasteiger partial charge in [-0.25, -0.2) is 0 Å². The zero-order valence-electron chi connectivity index (χ0n) is 14.1. The monoisotopic (exact) mass is 346 g/mol. The summed E-state index contributed by atoms with van der Waals surface area (Å²) < 4.78 is 11.4. The van der Waals surface area contributed by atoms with Crippen molar-refractivity contribution in [1.29, 1.82) is 0 Å². The zero-order valence-corrected chi connectivity index (χ0v) is 14.1. The highest BCUT2D eigenvalue weighted by molar-refractivity contribution is 6.08. The van der Waals surface area contributed by atoms with Crippen molar-refractivity contribution in [3.05, 3.63) is 29.5 Å². The fourth-order valence-electron chi connectivity index (χ4n) is 2.88. The Bertz CT molecular complexity index is 794. The number of hydrogen-bond acceptors (Lipinski definition) is 5. The van der Waals surface area contributed by atoms with E-state index in [4.69, 9.17) is 20.0 Å². The second-order valence-electron chi connectivity index (χ2n) is 6.41. The van der Waals surface area contributed by atoms with E-state index in [1.807, 2.05) is 6.07 Å². The topological polar surface area (TPSA) is 115 Å². The largest absolute Gasteiger partial charge is 0.493 e. The molecule has 7 heteroatoms. The van der Waals surface area contributed by atoms with Gasteiger partial charge < -0.3 is 25.3 Å². The van der Waals surface area contributed by atoms with Crippen molar-refractivity contribution in [2.45, 2.75) is 32.2 Å². The molecule has 134 valence electrons.